The van der Waals surface area contributed by atoms with Crippen LogP contribution in [0.25, 0.3) is 11.3 Å². The predicted molar refractivity (Wildman–Crippen MR) is 71.0 cm³/mol. The quantitative estimate of drug-likeness (QED) is 0.857. The van der Waals surface area contributed by atoms with Gasteiger partial charge in [-0.15, -0.1) is 11.3 Å². The van der Waals surface area contributed by atoms with Crippen LogP contribution in [0.2, 0.25) is 0 Å². The standard InChI is InChI=1S/C13H12N2O2S/c1-7-13(16)15-10-4-3-9(5-12(10)17-7)11-6-18-8(2)14-11/h3-7H,1-2H3,(H,15,16)/t7-/m0/s1. The summed E-state index contributed by atoms with van der Waals surface area (Å²) < 4.78 is 5.58. The van der Waals surface area contributed by atoms with Crippen molar-refractivity contribution in [2.24, 2.45) is 0 Å². The summed E-state index contributed by atoms with van der Waals surface area (Å²) in [6.07, 6.45) is -0.454. The number of anilines is 1. The highest BCUT2D eigenvalue weighted by atomic mass is 32.1. The normalized spacial score (nSPS) is 17.9. The first-order chi connectivity index (χ1) is 8.63. The van der Waals surface area contributed by atoms with Crippen LogP contribution in [0.5, 0.6) is 5.75 Å². The predicted octanol–water partition coefficient (Wildman–Crippen LogP) is 2.84. The fourth-order valence-corrected chi connectivity index (χ4v) is 2.48. The molecule has 92 valence electrons. The smallest absolute Gasteiger partial charge is 0.265 e. The topological polar surface area (TPSA) is 51.2 Å². The van der Waals surface area contributed by atoms with E-state index in [1.54, 1.807) is 18.3 Å². The van der Waals surface area contributed by atoms with Gasteiger partial charge in [-0.25, -0.2) is 4.98 Å². The molecule has 0 bridgehead atoms. The van der Waals surface area contributed by atoms with E-state index in [2.05, 4.69) is 10.3 Å². The van der Waals surface area contributed by atoms with Crippen LogP contribution in [-0.4, -0.2) is 17.0 Å². The summed E-state index contributed by atoms with van der Waals surface area (Å²) in [5.41, 5.74) is 2.66. The minimum atomic E-state index is -0.454. The van der Waals surface area contributed by atoms with Crippen LogP contribution in [0.4, 0.5) is 5.69 Å². The van der Waals surface area contributed by atoms with Crippen molar-refractivity contribution in [3.05, 3.63) is 28.6 Å². The molecule has 1 aliphatic rings. The summed E-state index contributed by atoms with van der Waals surface area (Å²) in [5, 5.41) is 5.86. The SMILES string of the molecule is Cc1nc(-c2ccc3c(c2)O[C@@H](C)C(=O)N3)cs1. The molecule has 0 fully saturated rings. The molecule has 1 aromatic carbocycles. The lowest BCUT2D eigenvalue weighted by Gasteiger charge is -2.23. The van der Waals surface area contributed by atoms with E-state index in [9.17, 15) is 4.79 Å². The third-order valence-corrected chi connectivity index (χ3v) is 3.60. The molecule has 0 aliphatic carbocycles. The molecule has 0 radical (unpaired) electrons. The van der Waals surface area contributed by atoms with Gasteiger partial charge in [0, 0.05) is 10.9 Å². The van der Waals surface area contributed by atoms with Gasteiger partial charge in [-0.1, -0.05) is 6.07 Å². The summed E-state index contributed by atoms with van der Waals surface area (Å²) in [4.78, 5) is 15.9. The van der Waals surface area contributed by atoms with Crippen molar-refractivity contribution < 1.29 is 9.53 Å². The molecule has 0 unspecified atom stereocenters. The summed E-state index contributed by atoms with van der Waals surface area (Å²) in [5.74, 6) is 0.588. The van der Waals surface area contributed by atoms with Crippen molar-refractivity contribution in [3.63, 3.8) is 0 Å². The van der Waals surface area contributed by atoms with Crippen LogP contribution < -0.4 is 10.1 Å². The van der Waals surface area contributed by atoms with Gasteiger partial charge in [0.05, 0.1) is 16.4 Å². The minimum Gasteiger partial charge on any atom is -0.479 e. The number of benzene rings is 1. The van der Waals surface area contributed by atoms with Crippen molar-refractivity contribution in [2.75, 3.05) is 5.32 Å². The van der Waals surface area contributed by atoms with E-state index in [4.69, 9.17) is 4.74 Å². The molecule has 2 heterocycles. The number of nitrogens with one attached hydrogen (secondary N) is 1. The maximum absolute atomic E-state index is 11.5. The third kappa shape index (κ3) is 1.86. The summed E-state index contributed by atoms with van der Waals surface area (Å²) >= 11 is 1.62. The molecule has 1 N–H and O–H groups in total. The molecule has 18 heavy (non-hydrogen) atoms. The Morgan fingerprint density at radius 1 is 1.44 bits per heavy atom. The monoisotopic (exact) mass is 260 g/mol. The van der Waals surface area contributed by atoms with E-state index >= 15 is 0 Å². The number of aryl methyl sites for hydroxylation is 1. The zero-order chi connectivity index (χ0) is 12.7. The maximum atomic E-state index is 11.5. The van der Waals surface area contributed by atoms with E-state index in [1.807, 2.05) is 30.5 Å². The lowest BCUT2D eigenvalue weighted by Crippen LogP contribution is -2.34. The average molecular weight is 260 g/mol. The number of hydrogen-bond acceptors (Lipinski definition) is 4. The maximum Gasteiger partial charge on any atom is 0.265 e. The van der Waals surface area contributed by atoms with Crippen LogP contribution in [0.3, 0.4) is 0 Å². The van der Waals surface area contributed by atoms with Crippen LogP contribution in [0, 0.1) is 6.92 Å². The molecule has 4 nitrogen and oxygen atoms in total. The number of fused-ring (bicyclic) bond motifs is 1. The first-order valence-corrected chi connectivity index (χ1v) is 6.55. The van der Waals surface area contributed by atoms with Crippen molar-refractivity contribution in [1.82, 2.24) is 4.98 Å². The molecule has 1 atom stereocenters. The Morgan fingerprint density at radius 3 is 3.00 bits per heavy atom. The number of hydrogen-bond donors (Lipinski definition) is 1. The van der Waals surface area contributed by atoms with Gasteiger partial charge < -0.3 is 10.1 Å². The number of rotatable bonds is 1. The van der Waals surface area contributed by atoms with Gasteiger partial charge in [-0.3, -0.25) is 4.79 Å². The number of nitrogens with zero attached hydrogens (tertiary/aromatic N) is 1. The number of aromatic nitrogens is 1. The molecule has 5 heteroatoms. The van der Waals surface area contributed by atoms with Gasteiger partial charge in [0.1, 0.15) is 5.75 Å². The Bertz CT molecular complexity index is 621. The lowest BCUT2D eigenvalue weighted by atomic mass is 10.1. The number of thiazole rings is 1. The molecule has 0 saturated carbocycles. The van der Waals surface area contributed by atoms with E-state index in [1.165, 1.54) is 0 Å². The molecule has 0 saturated heterocycles. The van der Waals surface area contributed by atoms with Gasteiger partial charge in [-0.05, 0) is 26.0 Å². The van der Waals surface area contributed by atoms with Crippen LogP contribution in [0.1, 0.15) is 11.9 Å². The Hall–Kier alpha value is -1.88. The second-order valence-corrected chi connectivity index (χ2v) is 5.27. The van der Waals surface area contributed by atoms with Crippen molar-refractivity contribution in [2.45, 2.75) is 20.0 Å². The third-order valence-electron chi connectivity index (χ3n) is 2.83. The summed E-state index contributed by atoms with van der Waals surface area (Å²) in [6, 6.07) is 5.70. The Morgan fingerprint density at radius 2 is 2.28 bits per heavy atom. The largest absolute Gasteiger partial charge is 0.479 e. The molecule has 1 amide bonds. The lowest BCUT2D eigenvalue weighted by molar-refractivity contribution is -0.122. The van der Waals surface area contributed by atoms with Gasteiger partial charge >= 0.3 is 0 Å². The summed E-state index contributed by atoms with van der Waals surface area (Å²) in [6.45, 7) is 3.71. The molecule has 1 aromatic heterocycles. The number of ether oxygens (including phenoxy) is 1. The Balaban J connectivity index is 2.01. The van der Waals surface area contributed by atoms with E-state index in [-0.39, 0.29) is 5.91 Å². The van der Waals surface area contributed by atoms with Crippen molar-refractivity contribution in [1.29, 1.82) is 0 Å². The first kappa shape index (κ1) is 11.2. The zero-order valence-electron chi connectivity index (χ0n) is 10.1. The van der Waals surface area contributed by atoms with Crippen molar-refractivity contribution >= 4 is 22.9 Å². The first-order valence-electron chi connectivity index (χ1n) is 5.67. The highest BCUT2D eigenvalue weighted by molar-refractivity contribution is 7.09. The van der Waals surface area contributed by atoms with Gasteiger partial charge in [0.2, 0.25) is 0 Å². The van der Waals surface area contributed by atoms with Crippen molar-refractivity contribution in [3.8, 4) is 17.0 Å². The van der Waals surface area contributed by atoms with Crippen LogP contribution in [-0.2, 0) is 4.79 Å². The average Bonchev–Trinajstić information content (AvgIpc) is 2.77. The molecule has 0 spiro atoms. The second kappa shape index (κ2) is 4.10. The van der Waals surface area contributed by atoms with E-state index in [0.29, 0.717) is 11.4 Å². The Labute approximate surface area is 109 Å². The molecular formula is C13H12N2O2S. The fourth-order valence-electron chi connectivity index (χ4n) is 1.86. The van der Waals surface area contributed by atoms with E-state index < -0.39 is 6.10 Å². The fraction of sp³-hybridized carbons (Fsp3) is 0.231. The number of carbonyl (C=O) groups excluding carboxylic acids is 1. The second-order valence-electron chi connectivity index (χ2n) is 4.21. The van der Waals surface area contributed by atoms with Gasteiger partial charge in [0.25, 0.3) is 5.91 Å². The van der Waals surface area contributed by atoms with E-state index in [0.717, 1.165) is 16.3 Å². The number of amides is 1. The zero-order valence-corrected chi connectivity index (χ0v) is 10.9. The molecule has 2 aromatic rings. The minimum absolute atomic E-state index is 0.111. The highest BCUT2D eigenvalue weighted by Gasteiger charge is 2.23. The Kier molecular flexibility index (Phi) is 2.56. The molecule has 3 rings (SSSR count). The number of carbonyl (C=O) groups is 1. The molecule has 1 aliphatic heterocycles. The molecular weight excluding hydrogens is 248 g/mol. The van der Waals surface area contributed by atoms with Crippen LogP contribution in [0.15, 0.2) is 23.6 Å². The van der Waals surface area contributed by atoms with Crippen LogP contribution >= 0.6 is 11.3 Å². The van der Waals surface area contributed by atoms with Gasteiger partial charge in [-0.2, -0.15) is 0 Å². The highest BCUT2D eigenvalue weighted by Crippen LogP contribution is 2.34. The summed E-state index contributed by atoms with van der Waals surface area (Å²) in [7, 11) is 0. The van der Waals surface area contributed by atoms with Gasteiger partial charge in [0.15, 0.2) is 6.10 Å².